The largest absolute Gasteiger partial charge is 0.368 e. The predicted molar refractivity (Wildman–Crippen MR) is 124 cm³/mol. The van der Waals surface area contributed by atoms with Crippen LogP contribution < -0.4 is 16.0 Å². The molecule has 0 radical (unpaired) electrons. The van der Waals surface area contributed by atoms with Crippen molar-refractivity contribution in [2.75, 3.05) is 10.5 Å². The number of halogens is 1. The average molecular weight is 469 g/mol. The Morgan fingerprint density at radius 1 is 1.09 bits per heavy atom. The molecule has 33 heavy (non-hydrogen) atoms. The second-order valence-electron chi connectivity index (χ2n) is 7.70. The van der Waals surface area contributed by atoms with Gasteiger partial charge >= 0.3 is 0 Å². The zero-order valence-electron chi connectivity index (χ0n) is 18.1. The predicted octanol–water partition coefficient (Wildman–Crippen LogP) is 3.26. The fourth-order valence-corrected chi connectivity index (χ4v) is 4.64. The van der Waals surface area contributed by atoms with Gasteiger partial charge in [-0.05, 0) is 51.1 Å². The highest BCUT2D eigenvalue weighted by molar-refractivity contribution is 7.92. The third-order valence-corrected chi connectivity index (χ3v) is 6.44. The van der Waals surface area contributed by atoms with Gasteiger partial charge in [-0.2, -0.15) is 4.98 Å². The fraction of sp³-hybridized carbons (Fsp3) is 0.182. The molecule has 1 aromatic carbocycles. The first-order chi connectivity index (χ1) is 15.6. The maximum absolute atomic E-state index is 14.0. The molecule has 0 saturated heterocycles. The number of hydrogen-bond acceptors (Lipinski definition) is 7. The van der Waals surface area contributed by atoms with Gasteiger partial charge < -0.3 is 5.73 Å². The number of nitrogen functional groups attached to an aromatic ring is 1. The number of sulfonamides is 1. The molecule has 0 aliphatic heterocycles. The highest BCUT2D eigenvalue weighted by Crippen LogP contribution is 2.26. The highest BCUT2D eigenvalue weighted by Gasteiger charge is 2.21. The van der Waals surface area contributed by atoms with E-state index in [0.29, 0.717) is 27.9 Å². The molecule has 0 bridgehead atoms. The summed E-state index contributed by atoms with van der Waals surface area (Å²) in [6, 6.07) is 9.52. The van der Waals surface area contributed by atoms with Gasteiger partial charge in [0.25, 0.3) is 15.6 Å². The van der Waals surface area contributed by atoms with Gasteiger partial charge in [0.15, 0.2) is 0 Å². The number of anilines is 2. The normalized spacial score (nSPS) is 11.8. The van der Waals surface area contributed by atoms with Crippen LogP contribution in [0.15, 0.2) is 58.4 Å². The van der Waals surface area contributed by atoms with Gasteiger partial charge in [-0.1, -0.05) is 12.1 Å². The van der Waals surface area contributed by atoms with E-state index in [1.165, 1.54) is 22.8 Å². The number of benzene rings is 1. The van der Waals surface area contributed by atoms with Crippen LogP contribution in [0, 0.1) is 12.7 Å². The molecule has 0 unspecified atom stereocenters. The molecule has 0 atom stereocenters. The molecule has 11 heteroatoms. The van der Waals surface area contributed by atoms with Crippen LogP contribution in [-0.4, -0.2) is 27.9 Å². The van der Waals surface area contributed by atoms with Crippen LogP contribution in [0.2, 0.25) is 0 Å². The smallest absolute Gasteiger partial charge is 0.265 e. The molecule has 0 amide bonds. The number of hydrogen-bond donors (Lipinski definition) is 2. The standard InChI is InChI=1S/C22H21FN6O3S/c1-12(2)29-20-14(11-25-22(24)27-20)10-16(21(29)30)15-8-9-19(26-13(15)3)28-33(31,32)18-7-5-4-6-17(18)23/h4-12H,1-3H3,(H,26,28)(H2,24,25,27). The number of nitrogens with one attached hydrogen (secondary N) is 1. The lowest BCUT2D eigenvalue weighted by molar-refractivity contribution is 0.570. The van der Waals surface area contributed by atoms with Gasteiger partial charge in [-0.25, -0.2) is 22.8 Å². The number of aryl methyl sites for hydroxylation is 1. The summed E-state index contributed by atoms with van der Waals surface area (Å²) >= 11 is 0. The van der Waals surface area contributed by atoms with E-state index in [9.17, 15) is 17.6 Å². The first-order valence-corrected chi connectivity index (χ1v) is 11.5. The number of fused-ring (bicyclic) bond motifs is 1. The quantitative estimate of drug-likeness (QED) is 0.459. The first kappa shape index (κ1) is 22.3. The Bertz CT molecular complexity index is 1550. The number of pyridine rings is 2. The van der Waals surface area contributed by atoms with E-state index in [-0.39, 0.29) is 23.4 Å². The Hall–Kier alpha value is -3.86. The molecule has 170 valence electrons. The van der Waals surface area contributed by atoms with Crippen molar-refractivity contribution >= 4 is 32.8 Å². The highest BCUT2D eigenvalue weighted by atomic mass is 32.2. The summed E-state index contributed by atoms with van der Waals surface area (Å²) in [5, 5.41) is 0.622. The summed E-state index contributed by atoms with van der Waals surface area (Å²) in [5.41, 5.74) is 7.12. The second kappa shape index (κ2) is 8.24. The van der Waals surface area contributed by atoms with Gasteiger partial charge in [0.2, 0.25) is 5.95 Å². The van der Waals surface area contributed by atoms with Gasteiger partial charge in [-0.3, -0.25) is 14.1 Å². The maximum Gasteiger partial charge on any atom is 0.265 e. The Kier molecular flexibility index (Phi) is 5.58. The second-order valence-corrected chi connectivity index (χ2v) is 9.35. The molecule has 4 rings (SSSR count). The average Bonchev–Trinajstić information content (AvgIpc) is 2.73. The Labute approximate surface area is 189 Å². The van der Waals surface area contributed by atoms with E-state index in [1.54, 1.807) is 25.3 Å². The summed E-state index contributed by atoms with van der Waals surface area (Å²) in [6.07, 6.45) is 1.54. The summed E-state index contributed by atoms with van der Waals surface area (Å²) in [6.45, 7) is 5.36. The lowest BCUT2D eigenvalue weighted by Gasteiger charge is -2.16. The third-order valence-electron chi connectivity index (χ3n) is 5.05. The molecule has 3 aromatic heterocycles. The van der Waals surface area contributed by atoms with Crippen molar-refractivity contribution < 1.29 is 12.8 Å². The van der Waals surface area contributed by atoms with Crippen LogP contribution in [0.5, 0.6) is 0 Å². The zero-order chi connectivity index (χ0) is 23.9. The molecular formula is C22H21FN6O3S. The van der Waals surface area contributed by atoms with Crippen LogP contribution in [-0.2, 0) is 10.0 Å². The summed E-state index contributed by atoms with van der Waals surface area (Å²) in [7, 11) is -4.18. The molecular weight excluding hydrogens is 447 g/mol. The molecule has 4 aromatic rings. The summed E-state index contributed by atoms with van der Waals surface area (Å²) in [5.74, 6) is -0.805. The van der Waals surface area contributed by atoms with Crippen molar-refractivity contribution in [2.24, 2.45) is 0 Å². The summed E-state index contributed by atoms with van der Waals surface area (Å²) < 4.78 is 42.9. The van der Waals surface area contributed by atoms with Crippen molar-refractivity contribution in [1.82, 2.24) is 19.5 Å². The number of nitrogens with zero attached hydrogens (tertiary/aromatic N) is 4. The Balaban J connectivity index is 1.79. The number of nitrogens with two attached hydrogens (primary N) is 1. The third kappa shape index (κ3) is 4.14. The SMILES string of the molecule is Cc1nc(NS(=O)(=O)c2ccccc2F)ccc1-c1cc2cnc(N)nc2n(C(C)C)c1=O. The Morgan fingerprint density at radius 2 is 1.82 bits per heavy atom. The first-order valence-electron chi connectivity index (χ1n) is 10.0. The molecule has 3 heterocycles. The lowest BCUT2D eigenvalue weighted by atomic mass is 10.0. The summed E-state index contributed by atoms with van der Waals surface area (Å²) in [4.78, 5) is 25.3. The van der Waals surface area contributed by atoms with Crippen molar-refractivity contribution in [3.8, 4) is 11.1 Å². The maximum atomic E-state index is 14.0. The minimum Gasteiger partial charge on any atom is -0.368 e. The number of aromatic nitrogens is 4. The fourth-order valence-electron chi connectivity index (χ4n) is 3.56. The van der Waals surface area contributed by atoms with Crippen LogP contribution in [0.25, 0.3) is 22.2 Å². The van der Waals surface area contributed by atoms with E-state index in [4.69, 9.17) is 5.73 Å². The van der Waals surface area contributed by atoms with Crippen molar-refractivity contribution in [2.45, 2.75) is 31.7 Å². The molecule has 9 nitrogen and oxygen atoms in total. The van der Waals surface area contributed by atoms with Crippen molar-refractivity contribution in [1.29, 1.82) is 0 Å². The van der Waals surface area contributed by atoms with Crippen LogP contribution in [0.3, 0.4) is 0 Å². The zero-order valence-corrected chi connectivity index (χ0v) is 18.9. The molecule has 0 aliphatic rings. The van der Waals surface area contributed by atoms with Gasteiger partial charge in [-0.15, -0.1) is 0 Å². The van der Waals surface area contributed by atoms with Crippen LogP contribution in [0.4, 0.5) is 16.2 Å². The van der Waals surface area contributed by atoms with E-state index in [0.717, 1.165) is 12.1 Å². The molecule has 0 saturated carbocycles. The van der Waals surface area contributed by atoms with Gasteiger partial charge in [0.1, 0.15) is 22.2 Å². The molecule has 3 N–H and O–H groups in total. The monoisotopic (exact) mass is 468 g/mol. The molecule has 0 aliphatic carbocycles. The lowest BCUT2D eigenvalue weighted by Crippen LogP contribution is -2.25. The minimum atomic E-state index is -4.18. The Morgan fingerprint density at radius 3 is 2.48 bits per heavy atom. The number of rotatable bonds is 5. The van der Waals surface area contributed by atoms with Crippen LogP contribution >= 0.6 is 0 Å². The van der Waals surface area contributed by atoms with Gasteiger partial charge in [0.05, 0.1) is 0 Å². The van der Waals surface area contributed by atoms with E-state index >= 15 is 0 Å². The molecule has 0 spiro atoms. The topological polar surface area (TPSA) is 133 Å². The van der Waals surface area contributed by atoms with E-state index < -0.39 is 20.7 Å². The van der Waals surface area contributed by atoms with Crippen molar-refractivity contribution in [3.05, 3.63) is 70.5 Å². The van der Waals surface area contributed by atoms with E-state index in [2.05, 4.69) is 19.7 Å². The van der Waals surface area contributed by atoms with Crippen LogP contribution in [0.1, 0.15) is 25.6 Å². The molecule has 0 fully saturated rings. The van der Waals surface area contributed by atoms with Gasteiger partial charge in [0, 0.05) is 34.4 Å². The minimum absolute atomic E-state index is 0.000541. The van der Waals surface area contributed by atoms with E-state index in [1.807, 2.05) is 13.8 Å². The van der Waals surface area contributed by atoms with Crippen molar-refractivity contribution in [3.63, 3.8) is 0 Å².